The van der Waals surface area contributed by atoms with Crippen molar-refractivity contribution in [2.45, 2.75) is 25.7 Å². The summed E-state index contributed by atoms with van der Waals surface area (Å²) in [4.78, 5) is 4.31. The zero-order valence-corrected chi connectivity index (χ0v) is 11.1. The lowest BCUT2D eigenvalue weighted by molar-refractivity contribution is 0.157. The van der Waals surface area contributed by atoms with Crippen molar-refractivity contribution in [1.29, 1.82) is 0 Å². The first kappa shape index (κ1) is 12.4. The van der Waals surface area contributed by atoms with E-state index in [1.165, 1.54) is 25.7 Å². The average molecular weight is 256 g/mol. The maximum absolute atomic E-state index is 5.98. The molecular weight excluding hydrogens is 236 g/mol. The Hall–Kier alpha value is -1.61. The monoisotopic (exact) mass is 256 g/mol. The first-order valence-electron chi connectivity index (χ1n) is 6.99. The fourth-order valence-corrected chi connectivity index (χ4v) is 2.91. The third kappa shape index (κ3) is 2.56. The lowest BCUT2D eigenvalue weighted by Crippen LogP contribution is -2.33. The Balaban J connectivity index is 1.74. The average Bonchev–Trinajstić information content (AvgIpc) is 2.94. The highest BCUT2D eigenvalue weighted by Gasteiger charge is 2.33. The number of nitrogens with two attached hydrogens (primary N) is 1. The lowest BCUT2D eigenvalue weighted by atomic mass is 9.87. The van der Waals surface area contributed by atoms with Crippen LogP contribution in [0.15, 0.2) is 36.5 Å². The maximum atomic E-state index is 5.98. The van der Waals surface area contributed by atoms with E-state index in [4.69, 9.17) is 10.5 Å². The molecule has 3 rings (SSSR count). The van der Waals surface area contributed by atoms with Crippen LogP contribution in [0.4, 0.5) is 0 Å². The second-order valence-corrected chi connectivity index (χ2v) is 5.56. The molecule has 0 amide bonds. The summed E-state index contributed by atoms with van der Waals surface area (Å²) >= 11 is 0. The third-order valence-corrected chi connectivity index (χ3v) is 4.22. The summed E-state index contributed by atoms with van der Waals surface area (Å²) in [6.45, 7) is 1.46. The molecule has 0 bridgehead atoms. The Morgan fingerprint density at radius 3 is 2.84 bits per heavy atom. The van der Waals surface area contributed by atoms with Gasteiger partial charge in [-0.1, -0.05) is 18.9 Å². The van der Waals surface area contributed by atoms with Gasteiger partial charge in [0.05, 0.1) is 12.1 Å². The van der Waals surface area contributed by atoms with Gasteiger partial charge in [-0.05, 0) is 37.1 Å². The van der Waals surface area contributed by atoms with Crippen molar-refractivity contribution in [1.82, 2.24) is 4.98 Å². The second-order valence-electron chi connectivity index (χ2n) is 5.56. The smallest absolute Gasteiger partial charge is 0.120 e. The van der Waals surface area contributed by atoms with Crippen molar-refractivity contribution in [2.75, 3.05) is 13.2 Å². The first-order valence-corrected chi connectivity index (χ1v) is 6.99. The van der Waals surface area contributed by atoms with Crippen molar-refractivity contribution in [3.05, 3.63) is 36.5 Å². The van der Waals surface area contributed by atoms with Gasteiger partial charge in [0.25, 0.3) is 0 Å². The molecule has 0 spiro atoms. The standard InChI is InChI=1S/C16H20N2O/c17-11-16(7-1-2-8-16)12-19-14-5-6-15-13(10-14)4-3-9-18-15/h3-6,9-10H,1-2,7-8,11-12,17H2. The molecule has 1 saturated carbocycles. The van der Waals surface area contributed by atoms with Crippen molar-refractivity contribution >= 4 is 10.9 Å². The predicted molar refractivity (Wildman–Crippen MR) is 77.2 cm³/mol. The van der Waals surface area contributed by atoms with Gasteiger partial charge in [0, 0.05) is 23.5 Å². The van der Waals surface area contributed by atoms with Crippen LogP contribution >= 0.6 is 0 Å². The van der Waals surface area contributed by atoms with Crippen LogP contribution in [0.5, 0.6) is 5.75 Å². The molecule has 0 unspecified atom stereocenters. The van der Waals surface area contributed by atoms with Crippen LogP contribution in [0, 0.1) is 5.41 Å². The summed E-state index contributed by atoms with van der Waals surface area (Å²) in [5, 5.41) is 1.12. The minimum Gasteiger partial charge on any atom is -0.493 e. The van der Waals surface area contributed by atoms with E-state index in [2.05, 4.69) is 17.1 Å². The van der Waals surface area contributed by atoms with Gasteiger partial charge in [0.15, 0.2) is 0 Å². The van der Waals surface area contributed by atoms with Crippen LogP contribution in [0.1, 0.15) is 25.7 Å². The Morgan fingerprint density at radius 2 is 2.05 bits per heavy atom. The zero-order valence-electron chi connectivity index (χ0n) is 11.1. The van der Waals surface area contributed by atoms with Gasteiger partial charge >= 0.3 is 0 Å². The molecule has 1 aliphatic rings. The van der Waals surface area contributed by atoms with E-state index in [0.717, 1.165) is 29.8 Å². The van der Waals surface area contributed by atoms with Gasteiger partial charge in [-0.2, -0.15) is 0 Å². The molecule has 1 fully saturated rings. The van der Waals surface area contributed by atoms with E-state index in [1.54, 1.807) is 0 Å². The first-order chi connectivity index (χ1) is 9.31. The molecule has 3 heteroatoms. The molecule has 100 valence electrons. The molecule has 2 aromatic rings. The highest BCUT2D eigenvalue weighted by Crippen LogP contribution is 2.37. The number of hydrogen-bond donors (Lipinski definition) is 1. The zero-order chi connectivity index (χ0) is 13.1. The molecule has 1 aromatic carbocycles. The summed E-state index contributed by atoms with van der Waals surface area (Å²) in [6, 6.07) is 10.1. The maximum Gasteiger partial charge on any atom is 0.120 e. The SMILES string of the molecule is NCC1(COc2ccc3ncccc3c2)CCCC1. The Morgan fingerprint density at radius 1 is 1.21 bits per heavy atom. The summed E-state index contributed by atoms with van der Waals surface area (Å²) in [7, 11) is 0. The number of benzene rings is 1. The molecule has 0 saturated heterocycles. The van der Waals surface area contributed by atoms with E-state index in [0.29, 0.717) is 0 Å². The molecule has 1 heterocycles. The summed E-state index contributed by atoms with van der Waals surface area (Å²) < 4.78 is 5.98. The van der Waals surface area contributed by atoms with E-state index in [-0.39, 0.29) is 5.41 Å². The van der Waals surface area contributed by atoms with E-state index in [9.17, 15) is 0 Å². The van der Waals surface area contributed by atoms with E-state index in [1.807, 2.05) is 24.4 Å². The summed E-state index contributed by atoms with van der Waals surface area (Å²) in [5.74, 6) is 0.917. The van der Waals surface area contributed by atoms with Crippen molar-refractivity contribution in [3.8, 4) is 5.75 Å². The number of nitrogens with zero attached hydrogens (tertiary/aromatic N) is 1. The van der Waals surface area contributed by atoms with Gasteiger partial charge in [-0.25, -0.2) is 0 Å². The molecule has 2 N–H and O–H groups in total. The lowest BCUT2D eigenvalue weighted by Gasteiger charge is -2.27. The van der Waals surface area contributed by atoms with E-state index >= 15 is 0 Å². The van der Waals surface area contributed by atoms with E-state index < -0.39 is 0 Å². The predicted octanol–water partition coefficient (Wildman–Crippen LogP) is 3.13. The number of ether oxygens (including phenoxy) is 1. The van der Waals surface area contributed by atoms with Gasteiger partial charge in [0.1, 0.15) is 5.75 Å². The van der Waals surface area contributed by atoms with Crippen LogP contribution in [0.3, 0.4) is 0 Å². The summed E-state index contributed by atoms with van der Waals surface area (Å²) in [5.41, 5.74) is 7.14. The Kier molecular flexibility index (Phi) is 3.38. The van der Waals surface area contributed by atoms with Crippen LogP contribution in [0.25, 0.3) is 10.9 Å². The third-order valence-electron chi connectivity index (χ3n) is 4.22. The normalized spacial score (nSPS) is 17.7. The number of fused-ring (bicyclic) bond motifs is 1. The van der Waals surface area contributed by atoms with Crippen molar-refractivity contribution in [3.63, 3.8) is 0 Å². The number of rotatable bonds is 4. The number of aromatic nitrogens is 1. The van der Waals surface area contributed by atoms with Gasteiger partial charge in [-0.3, -0.25) is 4.98 Å². The van der Waals surface area contributed by atoms with Crippen LogP contribution < -0.4 is 10.5 Å². The van der Waals surface area contributed by atoms with Gasteiger partial charge < -0.3 is 10.5 Å². The quantitative estimate of drug-likeness (QED) is 0.914. The second kappa shape index (κ2) is 5.17. The number of pyridine rings is 1. The molecule has 1 aliphatic carbocycles. The van der Waals surface area contributed by atoms with Crippen LogP contribution in [-0.2, 0) is 0 Å². The van der Waals surface area contributed by atoms with Crippen LogP contribution in [0.2, 0.25) is 0 Å². The molecule has 1 aromatic heterocycles. The molecule has 3 nitrogen and oxygen atoms in total. The molecular formula is C16H20N2O. The minimum absolute atomic E-state index is 0.198. The largest absolute Gasteiger partial charge is 0.493 e. The van der Waals surface area contributed by atoms with Crippen molar-refractivity contribution in [2.24, 2.45) is 11.1 Å². The molecule has 19 heavy (non-hydrogen) atoms. The van der Waals surface area contributed by atoms with Crippen molar-refractivity contribution < 1.29 is 4.74 Å². The van der Waals surface area contributed by atoms with Gasteiger partial charge in [0.2, 0.25) is 0 Å². The molecule has 0 aliphatic heterocycles. The number of hydrogen-bond acceptors (Lipinski definition) is 3. The molecule has 0 atom stereocenters. The minimum atomic E-state index is 0.198. The Bertz CT molecular complexity index is 561. The topological polar surface area (TPSA) is 48.1 Å². The highest BCUT2D eigenvalue weighted by atomic mass is 16.5. The Labute approximate surface area is 113 Å². The van der Waals surface area contributed by atoms with Crippen LogP contribution in [-0.4, -0.2) is 18.1 Å². The van der Waals surface area contributed by atoms with Gasteiger partial charge in [-0.15, -0.1) is 0 Å². The highest BCUT2D eigenvalue weighted by molar-refractivity contribution is 5.79. The summed E-state index contributed by atoms with van der Waals surface area (Å²) in [6.07, 6.45) is 6.76. The fourth-order valence-electron chi connectivity index (χ4n) is 2.91. The fraction of sp³-hybridized carbons (Fsp3) is 0.438. The molecule has 0 radical (unpaired) electrons.